The van der Waals surface area contributed by atoms with Crippen LogP contribution >= 0.6 is 15.9 Å². The third-order valence-corrected chi connectivity index (χ3v) is 4.72. The number of nitrogens with one attached hydrogen (secondary N) is 1. The fourth-order valence-electron chi connectivity index (χ4n) is 3.29. The number of halogens is 1. The van der Waals surface area contributed by atoms with E-state index in [-0.39, 0.29) is 0 Å². The van der Waals surface area contributed by atoms with Crippen LogP contribution in [0.3, 0.4) is 0 Å². The second kappa shape index (κ2) is 6.46. The first kappa shape index (κ1) is 14.4. The highest BCUT2D eigenvalue weighted by Gasteiger charge is 2.24. The standard InChI is InChI=1S/C16H23BrN2O/c1-12(11-19-7-2-3-8-19)18-15-6-9-20-16-5-4-13(17)10-14(15)16/h4-5,10,12,15,18H,2-3,6-9,11H2,1H3. The van der Waals surface area contributed by atoms with E-state index in [1.165, 1.54) is 31.5 Å². The number of benzene rings is 1. The summed E-state index contributed by atoms with van der Waals surface area (Å²) in [5.41, 5.74) is 1.29. The number of ether oxygens (including phenoxy) is 1. The van der Waals surface area contributed by atoms with Gasteiger partial charge >= 0.3 is 0 Å². The van der Waals surface area contributed by atoms with Crippen LogP contribution < -0.4 is 10.1 Å². The Kier molecular flexibility index (Phi) is 4.64. The molecule has 0 radical (unpaired) electrons. The Balaban J connectivity index is 1.64. The zero-order valence-electron chi connectivity index (χ0n) is 12.1. The van der Waals surface area contributed by atoms with Gasteiger partial charge in [0, 0.05) is 35.1 Å². The molecule has 1 fully saturated rings. The molecule has 1 aromatic carbocycles. The van der Waals surface area contributed by atoms with Crippen molar-refractivity contribution in [2.24, 2.45) is 0 Å². The summed E-state index contributed by atoms with van der Waals surface area (Å²) in [5, 5.41) is 3.79. The smallest absolute Gasteiger partial charge is 0.124 e. The van der Waals surface area contributed by atoms with Gasteiger partial charge in [0.1, 0.15) is 5.75 Å². The van der Waals surface area contributed by atoms with Crippen molar-refractivity contribution in [1.29, 1.82) is 0 Å². The van der Waals surface area contributed by atoms with Gasteiger partial charge in [-0.3, -0.25) is 0 Å². The summed E-state index contributed by atoms with van der Waals surface area (Å²) in [5.74, 6) is 1.03. The van der Waals surface area contributed by atoms with Crippen LogP contribution in [0, 0.1) is 0 Å². The summed E-state index contributed by atoms with van der Waals surface area (Å²) in [7, 11) is 0. The van der Waals surface area contributed by atoms with E-state index in [1.54, 1.807) is 0 Å². The third kappa shape index (κ3) is 3.35. The van der Waals surface area contributed by atoms with Crippen molar-refractivity contribution >= 4 is 15.9 Å². The summed E-state index contributed by atoms with van der Waals surface area (Å²) < 4.78 is 6.88. The van der Waals surface area contributed by atoms with Crippen molar-refractivity contribution in [1.82, 2.24) is 10.2 Å². The van der Waals surface area contributed by atoms with E-state index < -0.39 is 0 Å². The molecule has 0 saturated carbocycles. The summed E-state index contributed by atoms with van der Waals surface area (Å²) in [6.45, 7) is 6.79. The lowest BCUT2D eigenvalue weighted by atomic mass is 10.00. The van der Waals surface area contributed by atoms with E-state index in [1.807, 2.05) is 0 Å². The lowest BCUT2D eigenvalue weighted by Crippen LogP contribution is -2.41. The molecule has 4 heteroatoms. The van der Waals surface area contributed by atoms with Crippen molar-refractivity contribution < 1.29 is 4.74 Å². The first-order valence-corrected chi connectivity index (χ1v) is 8.42. The molecular formula is C16H23BrN2O. The molecule has 2 heterocycles. The van der Waals surface area contributed by atoms with Gasteiger partial charge in [-0.15, -0.1) is 0 Å². The Morgan fingerprint density at radius 2 is 2.20 bits per heavy atom. The second-order valence-corrected chi connectivity index (χ2v) is 6.86. The summed E-state index contributed by atoms with van der Waals surface area (Å²) in [4.78, 5) is 2.57. The Morgan fingerprint density at radius 1 is 1.40 bits per heavy atom. The van der Waals surface area contributed by atoms with Gasteiger partial charge in [-0.05, 0) is 51.1 Å². The predicted molar refractivity (Wildman–Crippen MR) is 85.3 cm³/mol. The molecule has 110 valence electrons. The molecule has 1 aromatic rings. The van der Waals surface area contributed by atoms with Gasteiger partial charge in [0.15, 0.2) is 0 Å². The van der Waals surface area contributed by atoms with Crippen LogP contribution in [0.15, 0.2) is 22.7 Å². The molecule has 0 aromatic heterocycles. The molecule has 0 bridgehead atoms. The molecule has 1 saturated heterocycles. The van der Waals surface area contributed by atoms with E-state index in [2.05, 4.69) is 51.3 Å². The SMILES string of the molecule is CC(CN1CCCC1)NC1CCOc2ccc(Br)cc21. The molecule has 3 nitrogen and oxygen atoms in total. The fraction of sp³-hybridized carbons (Fsp3) is 0.625. The Labute approximate surface area is 129 Å². The van der Waals surface area contributed by atoms with Crippen LogP contribution in [0.2, 0.25) is 0 Å². The van der Waals surface area contributed by atoms with Crippen LogP contribution in [0.4, 0.5) is 0 Å². The molecule has 2 aliphatic rings. The molecular weight excluding hydrogens is 316 g/mol. The van der Waals surface area contributed by atoms with E-state index in [0.29, 0.717) is 12.1 Å². The molecule has 0 aliphatic carbocycles. The average Bonchev–Trinajstić information content (AvgIpc) is 2.92. The van der Waals surface area contributed by atoms with Crippen molar-refractivity contribution in [3.63, 3.8) is 0 Å². The van der Waals surface area contributed by atoms with E-state index in [9.17, 15) is 0 Å². The number of hydrogen-bond acceptors (Lipinski definition) is 3. The maximum atomic E-state index is 5.75. The summed E-state index contributed by atoms with van der Waals surface area (Å²) in [6.07, 6.45) is 3.77. The van der Waals surface area contributed by atoms with E-state index in [0.717, 1.165) is 29.8 Å². The predicted octanol–water partition coefficient (Wildman–Crippen LogP) is 3.35. The van der Waals surface area contributed by atoms with Gasteiger partial charge in [-0.2, -0.15) is 0 Å². The number of likely N-dealkylation sites (tertiary alicyclic amines) is 1. The normalized spacial score (nSPS) is 24.2. The van der Waals surface area contributed by atoms with Crippen LogP contribution in [0.1, 0.15) is 37.8 Å². The average molecular weight is 339 g/mol. The van der Waals surface area contributed by atoms with Gasteiger partial charge in [-0.1, -0.05) is 15.9 Å². The summed E-state index contributed by atoms with van der Waals surface area (Å²) in [6, 6.07) is 7.24. The molecule has 2 atom stereocenters. The Bertz CT molecular complexity index is 460. The maximum absolute atomic E-state index is 5.75. The monoisotopic (exact) mass is 338 g/mol. The highest BCUT2D eigenvalue weighted by atomic mass is 79.9. The minimum atomic E-state index is 0.411. The highest BCUT2D eigenvalue weighted by Crippen LogP contribution is 2.34. The molecule has 1 N–H and O–H groups in total. The van der Waals surface area contributed by atoms with Crippen molar-refractivity contribution in [2.45, 2.75) is 38.3 Å². The number of hydrogen-bond donors (Lipinski definition) is 1. The minimum absolute atomic E-state index is 0.411. The van der Waals surface area contributed by atoms with Gasteiger partial charge in [0.25, 0.3) is 0 Å². The first-order valence-electron chi connectivity index (χ1n) is 7.63. The number of rotatable bonds is 4. The van der Waals surface area contributed by atoms with E-state index >= 15 is 0 Å². The molecule has 2 aliphatic heterocycles. The topological polar surface area (TPSA) is 24.5 Å². The largest absolute Gasteiger partial charge is 0.493 e. The summed E-state index contributed by atoms with van der Waals surface area (Å²) >= 11 is 3.56. The van der Waals surface area contributed by atoms with Gasteiger partial charge in [-0.25, -0.2) is 0 Å². The van der Waals surface area contributed by atoms with Crippen molar-refractivity contribution in [2.75, 3.05) is 26.2 Å². The Morgan fingerprint density at radius 3 is 3.00 bits per heavy atom. The molecule has 0 amide bonds. The lowest BCUT2D eigenvalue weighted by molar-refractivity contribution is 0.229. The zero-order valence-corrected chi connectivity index (χ0v) is 13.7. The Hall–Kier alpha value is -0.580. The van der Waals surface area contributed by atoms with Crippen LogP contribution in [0.5, 0.6) is 5.75 Å². The van der Waals surface area contributed by atoms with Gasteiger partial charge < -0.3 is 15.0 Å². The lowest BCUT2D eigenvalue weighted by Gasteiger charge is -2.31. The molecule has 3 rings (SSSR count). The van der Waals surface area contributed by atoms with Crippen molar-refractivity contribution in [3.8, 4) is 5.75 Å². The first-order chi connectivity index (χ1) is 9.72. The quantitative estimate of drug-likeness (QED) is 0.911. The molecule has 0 spiro atoms. The fourth-order valence-corrected chi connectivity index (χ4v) is 3.67. The van der Waals surface area contributed by atoms with E-state index in [4.69, 9.17) is 4.74 Å². The highest BCUT2D eigenvalue weighted by molar-refractivity contribution is 9.10. The number of fused-ring (bicyclic) bond motifs is 1. The number of nitrogens with zero attached hydrogens (tertiary/aromatic N) is 1. The minimum Gasteiger partial charge on any atom is -0.493 e. The molecule has 20 heavy (non-hydrogen) atoms. The zero-order chi connectivity index (χ0) is 13.9. The van der Waals surface area contributed by atoms with Gasteiger partial charge in [0.2, 0.25) is 0 Å². The van der Waals surface area contributed by atoms with Crippen LogP contribution in [-0.4, -0.2) is 37.2 Å². The molecule has 2 unspecified atom stereocenters. The van der Waals surface area contributed by atoms with Gasteiger partial charge in [0.05, 0.1) is 6.61 Å². The van der Waals surface area contributed by atoms with Crippen LogP contribution in [0.25, 0.3) is 0 Å². The van der Waals surface area contributed by atoms with Crippen molar-refractivity contribution in [3.05, 3.63) is 28.2 Å². The van der Waals surface area contributed by atoms with Crippen LogP contribution in [-0.2, 0) is 0 Å². The second-order valence-electron chi connectivity index (χ2n) is 5.95. The maximum Gasteiger partial charge on any atom is 0.124 e. The third-order valence-electron chi connectivity index (χ3n) is 4.23.